The minimum atomic E-state index is -0.810. The molecule has 0 radical (unpaired) electrons. The van der Waals surface area contributed by atoms with Gasteiger partial charge in [-0.25, -0.2) is 0 Å². The number of esters is 3. The number of rotatable bonds is 41. The monoisotopic (exact) mass is 795 g/mol. The summed E-state index contributed by atoms with van der Waals surface area (Å²) in [4.78, 5) is 37.7. The molecule has 0 aromatic rings. The average molecular weight is 795 g/mol. The lowest BCUT2D eigenvalue weighted by Crippen LogP contribution is -2.30. The predicted octanol–water partition coefficient (Wildman–Crippen LogP) is 15.1. The van der Waals surface area contributed by atoms with Gasteiger partial charge in [-0.05, 0) is 89.9 Å². The van der Waals surface area contributed by atoms with E-state index in [1.807, 2.05) is 0 Å². The van der Waals surface area contributed by atoms with Gasteiger partial charge in [0.15, 0.2) is 6.10 Å². The Morgan fingerprint density at radius 2 is 0.719 bits per heavy atom. The van der Waals surface area contributed by atoms with Crippen LogP contribution in [0.5, 0.6) is 0 Å². The molecule has 0 N–H and O–H groups in total. The highest BCUT2D eigenvalue weighted by molar-refractivity contribution is 5.71. The van der Waals surface area contributed by atoms with Crippen molar-refractivity contribution >= 4 is 17.9 Å². The Balaban J connectivity index is 4.48. The second-order valence-electron chi connectivity index (χ2n) is 15.3. The summed E-state index contributed by atoms with van der Waals surface area (Å²) in [5.41, 5.74) is 0. The fourth-order valence-corrected chi connectivity index (χ4v) is 6.06. The van der Waals surface area contributed by atoms with Crippen molar-refractivity contribution < 1.29 is 28.6 Å². The van der Waals surface area contributed by atoms with Gasteiger partial charge in [-0.1, -0.05) is 177 Å². The van der Waals surface area contributed by atoms with Gasteiger partial charge in [0.05, 0.1) is 0 Å². The minimum Gasteiger partial charge on any atom is -0.462 e. The number of unbranched alkanes of at least 4 members (excludes halogenated alkanes) is 19. The van der Waals surface area contributed by atoms with E-state index in [0.717, 1.165) is 83.5 Å². The summed E-state index contributed by atoms with van der Waals surface area (Å²) in [6.45, 7) is 6.44. The summed E-state index contributed by atoms with van der Waals surface area (Å²) in [5, 5.41) is 0. The van der Waals surface area contributed by atoms with Crippen LogP contribution in [-0.2, 0) is 28.6 Å². The highest BCUT2D eigenvalue weighted by Crippen LogP contribution is 2.12. The maximum absolute atomic E-state index is 12.7. The van der Waals surface area contributed by atoms with E-state index in [9.17, 15) is 14.4 Å². The predicted molar refractivity (Wildman–Crippen MR) is 242 cm³/mol. The van der Waals surface area contributed by atoms with Gasteiger partial charge in [-0.3, -0.25) is 14.4 Å². The van der Waals surface area contributed by atoms with Crippen molar-refractivity contribution in [1.82, 2.24) is 0 Å². The third-order valence-corrected chi connectivity index (χ3v) is 9.68. The number of carbonyl (C=O) groups excluding carboxylic acids is 3. The van der Waals surface area contributed by atoms with Crippen LogP contribution in [0.25, 0.3) is 0 Å². The molecule has 0 aliphatic carbocycles. The average Bonchev–Trinajstić information content (AvgIpc) is 3.21. The first-order chi connectivity index (χ1) is 28.0. The van der Waals surface area contributed by atoms with Gasteiger partial charge in [0, 0.05) is 19.3 Å². The molecule has 0 aliphatic heterocycles. The Labute approximate surface area is 351 Å². The molecular weight excluding hydrogens is 709 g/mol. The first-order valence-electron chi connectivity index (χ1n) is 23.5. The van der Waals surface area contributed by atoms with E-state index in [1.165, 1.54) is 83.5 Å². The topological polar surface area (TPSA) is 78.9 Å². The summed E-state index contributed by atoms with van der Waals surface area (Å²) in [5.74, 6) is -1.01. The van der Waals surface area contributed by atoms with E-state index in [1.54, 1.807) is 0 Å². The van der Waals surface area contributed by atoms with Crippen molar-refractivity contribution in [1.29, 1.82) is 0 Å². The molecule has 0 spiro atoms. The molecule has 0 aromatic heterocycles. The van der Waals surface area contributed by atoms with E-state index in [2.05, 4.69) is 93.7 Å². The molecule has 0 amide bonds. The molecule has 0 aliphatic rings. The zero-order valence-corrected chi connectivity index (χ0v) is 37.1. The second-order valence-corrected chi connectivity index (χ2v) is 15.3. The number of hydrogen-bond acceptors (Lipinski definition) is 6. The molecule has 326 valence electrons. The fourth-order valence-electron chi connectivity index (χ4n) is 6.06. The highest BCUT2D eigenvalue weighted by Gasteiger charge is 2.19. The molecule has 6 nitrogen and oxygen atoms in total. The molecule has 0 bridgehead atoms. The second kappa shape index (κ2) is 45.6. The zero-order chi connectivity index (χ0) is 41.5. The third-order valence-electron chi connectivity index (χ3n) is 9.68. The van der Waals surface area contributed by atoms with Crippen molar-refractivity contribution in [2.45, 2.75) is 219 Å². The molecular formula is C51H86O6. The van der Waals surface area contributed by atoms with E-state index < -0.39 is 6.10 Å². The lowest BCUT2D eigenvalue weighted by atomic mass is 10.1. The molecule has 1 atom stereocenters. The summed E-state index contributed by atoms with van der Waals surface area (Å²) in [6, 6.07) is 0. The van der Waals surface area contributed by atoms with Crippen molar-refractivity contribution in [3.05, 3.63) is 72.9 Å². The van der Waals surface area contributed by atoms with Gasteiger partial charge in [0.1, 0.15) is 13.2 Å². The van der Waals surface area contributed by atoms with Gasteiger partial charge in [-0.15, -0.1) is 0 Å². The molecule has 1 unspecified atom stereocenters. The molecule has 0 saturated heterocycles. The van der Waals surface area contributed by atoms with Crippen LogP contribution in [0.2, 0.25) is 0 Å². The number of carbonyl (C=O) groups is 3. The Bertz CT molecular complexity index is 1100. The fraction of sp³-hybridized carbons (Fsp3) is 0.706. The molecule has 6 heteroatoms. The smallest absolute Gasteiger partial charge is 0.306 e. The summed E-state index contributed by atoms with van der Waals surface area (Å²) in [7, 11) is 0. The van der Waals surface area contributed by atoms with E-state index in [0.29, 0.717) is 12.8 Å². The van der Waals surface area contributed by atoms with E-state index in [-0.39, 0.29) is 44.0 Å². The molecule has 0 aromatic carbocycles. The largest absolute Gasteiger partial charge is 0.462 e. The van der Waals surface area contributed by atoms with Gasteiger partial charge in [0.2, 0.25) is 0 Å². The van der Waals surface area contributed by atoms with E-state index in [4.69, 9.17) is 14.2 Å². The van der Waals surface area contributed by atoms with Crippen molar-refractivity contribution in [2.24, 2.45) is 0 Å². The highest BCUT2D eigenvalue weighted by atomic mass is 16.6. The Kier molecular flexibility index (Phi) is 43.0. The third kappa shape index (κ3) is 43.8. The lowest BCUT2D eigenvalue weighted by molar-refractivity contribution is -0.167. The van der Waals surface area contributed by atoms with Crippen LogP contribution in [0.3, 0.4) is 0 Å². The van der Waals surface area contributed by atoms with Crippen molar-refractivity contribution in [3.63, 3.8) is 0 Å². The van der Waals surface area contributed by atoms with Crippen LogP contribution in [-0.4, -0.2) is 37.2 Å². The van der Waals surface area contributed by atoms with Crippen LogP contribution in [0, 0.1) is 0 Å². The maximum Gasteiger partial charge on any atom is 0.306 e. The van der Waals surface area contributed by atoms with Gasteiger partial charge in [0.25, 0.3) is 0 Å². The summed E-state index contributed by atoms with van der Waals surface area (Å²) < 4.78 is 16.6. The molecule has 0 rings (SSSR count). The van der Waals surface area contributed by atoms with Crippen LogP contribution >= 0.6 is 0 Å². The summed E-state index contributed by atoms with van der Waals surface area (Å²) >= 11 is 0. The SMILES string of the molecule is CCCC/C=C\C=C/CCCCCC(=O)OC(COC(=O)CCC/C=C\C/C=C\C/C=C\CCCCCCCC)COC(=O)CCCCCCC/C=C\CCCC. The van der Waals surface area contributed by atoms with Crippen molar-refractivity contribution in [3.8, 4) is 0 Å². The molecule has 0 saturated carbocycles. The van der Waals surface area contributed by atoms with Crippen LogP contribution in [0.4, 0.5) is 0 Å². The van der Waals surface area contributed by atoms with Crippen LogP contribution in [0.1, 0.15) is 213 Å². The number of allylic oxidation sites excluding steroid dienone is 12. The number of hydrogen-bond donors (Lipinski definition) is 0. The van der Waals surface area contributed by atoms with Gasteiger partial charge < -0.3 is 14.2 Å². The summed E-state index contributed by atoms with van der Waals surface area (Å²) in [6.07, 6.45) is 56.1. The molecule has 57 heavy (non-hydrogen) atoms. The zero-order valence-electron chi connectivity index (χ0n) is 37.1. The first-order valence-corrected chi connectivity index (χ1v) is 23.5. The van der Waals surface area contributed by atoms with Crippen LogP contribution in [0.15, 0.2) is 72.9 Å². The van der Waals surface area contributed by atoms with E-state index >= 15 is 0 Å². The van der Waals surface area contributed by atoms with Gasteiger partial charge >= 0.3 is 17.9 Å². The van der Waals surface area contributed by atoms with Crippen LogP contribution < -0.4 is 0 Å². The standard InChI is InChI=1S/C51H86O6/c1-4-7-10-13-16-19-22-23-24-25-26-27-30-32-35-38-41-44-50(53)56-47-48(57-51(54)45-42-39-36-33-29-21-18-15-12-9-6-3)46-55-49(52)43-40-37-34-31-28-20-17-14-11-8-5-2/h14-15,17-18,21,23-24,26-27,29,32,35,48H,4-13,16,19-20,22,25,28,30-31,33-34,36-47H2,1-3H3/b17-14-,18-15-,24-23-,27-26-,29-21-,35-32-. The molecule has 0 heterocycles. The first kappa shape index (κ1) is 53.9. The number of ether oxygens (including phenoxy) is 3. The Morgan fingerprint density at radius 3 is 1.26 bits per heavy atom. The molecule has 0 fully saturated rings. The minimum absolute atomic E-state index is 0.107. The van der Waals surface area contributed by atoms with Crippen molar-refractivity contribution in [2.75, 3.05) is 13.2 Å². The quantitative estimate of drug-likeness (QED) is 0.0202. The Morgan fingerprint density at radius 1 is 0.368 bits per heavy atom. The lowest BCUT2D eigenvalue weighted by Gasteiger charge is -2.18. The maximum atomic E-state index is 12.7. The van der Waals surface area contributed by atoms with Gasteiger partial charge in [-0.2, -0.15) is 0 Å². The Hall–Kier alpha value is -3.15. The normalized spacial score (nSPS) is 12.7.